The van der Waals surface area contributed by atoms with Crippen molar-refractivity contribution in [3.63, 3.8) is 0 Å². The highest BCUT2D eigenvalue weighted by molar-refractivity contribution is 4.99. The highest BCUT2D eigenvalue weighted by Gasteiger charge is 2.08. The summed E-state index contributed by atoms with van der Waals surface area (Å²) in [4.78, 5) is 4.33. The Balaban J connectivity index is 2.13. The van der Waals surface area contributed by atoms with Crippen molar-refractivity contribution in [1.82, 2.24) is 29.6 Å². The maximum absolute atomic E-state index is 4.33. The van der Waals surface area contributed by atoms with E-state index in [1.165, 1.54) is 0 Å². The van der Waals surface area contributed by atoms with E-state index >= 15 is 0 Å². The van der Waals surface area contributed by atoms with E-state index in [2.05, 4.69) is 32.0 Å². The molecule has 6 nitrogen and oxygen atoms in total. The molecule has 0 bridgehead atoms. The zero-order chi connectivity index (χ0) is 12.3. The first-order chi connectivity index (χ1) is 8.22. The van der Waals surface area contributed by atoms with E-state index in [-0.39, 0.29) is 0 Å². The molecule has 0 aliphatic carbocycles. The maximum atomic E-state index is 4.33. The molecule has 0 amide bonds. The number of nitrogens with zero attached hydrogens (tertiary/aromatic N) is 5. The average Bonchev–Trinajstić information content (AvgIpc) is 2.89. The Hall–Kier alpha value is -1.69. The Bertz CT molecular complexity index is 484. The molecule has 2 rings (SSSR count). The van der Waals surface area contributed by atoms with Crippen LogP contribution in [0.1, 0.15) is 24.4 Å². The zero-order valence-electron chi connectivity index (χ0n) is 10.5. The van der Waals surface area contributed by atoms with Crippen LogP contribution in [0.5, 0.6) is 0 Å². The first kappa shape index (κ1) is 11.8. The van der Waals surface area contributed by atoms with Crippen LogP contribution in [0.4, 0.5) is 0 Å². The Morgan fingerprint density at radius 2 is 2.12 bits per heavy atom. The van der Waals surface area contributed by atoms with Crippen molar-refractivity contribution >= 4 is 0 Å². The Morgan fingerprint density at radius 3 is 2.76 bits per heavy atom. The van der Waals surface area contributed by atoms with Crippen LogP contribution in [0.2, 0.25) is 0 Å². The number of rotatable bonds is 5. The van der Waals surface area contributed by atoms with Crippen LogP contribution in [0.15, 0.2) is 12.4 Å². The molecule has 0 aliphatic heterocycles. The second-order valence-corrected chi connectivity index (χ2v) is 3.97. The fourth-order valence-corrected chi connectivity index (χ4v) is 1.63. The topological polar surface area (TPSA) is 60.6 Å². The zero-order valence-corrected chi connectivity index (χ0v) is 10.5. The van der Waals surface area contributed by atoms with Gasteiger partial charge in [0.15, 0.2) is 5.82 Å². The van der Waals surface area contributed by atoms with E-state index in [1.54, 1.807) is 0 Å². The molecule has 0 fully saturated rings. The number of nitrogens with one attached hydrogen (secondary N) is 1. The van der Waals surface area contributed by atoms with E-state index in [0.29, 0.717) is 6.54 Å². The van der Waals surface area contributed by atoms with Crippen LogP contribution in [0, 0.1) is 6.92 Å². The van der Waals surface area contributed by atoms with E-state index in [4.69, 9.17) is 0 Å². The minimum Gasteiger partial charge on any atom is -0.326 e. The van der Waals surface area contributed by atoms with Gasteiger partial charge in [0.25, 0.3) is 0 Å². The second-order valence-electron chi connectivity index (χ2n) is 3.97. The molecule has 0 saturated heterocycles. The smallest absolute Gasteiger partial charge is 0.152 e. The third-order valence-corrected chi connectivity index (χ3v) is 2.83. The molecule has 2 aromatic heterocycles. The van der Waals surface area contributed by atoms with Gasteiger partial charge in [-0.25, -0.2) is 4.98 Å². The lowest BCUT2D eigenvalue weighted by atomic mass is 10.5. The third kappa shape index (κ3) is 2.52. The summed E-state index contributed by atoms with van der Waals surface area (Å²) < 4.78 is 4.09. The number of imidazole rings is 1. The summed E-state index contributed by atoms with van der Waals surface area (Å²) in [5.74, 6) is 2.89. The van der Waals surface area contributed by atoms with Gasteiger partial charge in [-0.1, -0.05) is 6.92 Å². The molecule has 2 aromatic rings. The molecule has 0 aliphatic rings. The highest BCUT2D eigenvalue weighted by Crippen LogP contribution is 2.04. The van der Waals surface area contributed by atoms with E-state index < -0.39 is 0 Å². The van der Waals surface area contributed by atoms with Crippen molar-refractivity contribution in [2.75, 3.05) is 6.54 Å². The quantitative estimate of drug-likeness (QED) is 0.817. The average molecular weight is 234 g/mol. The van der Waals surface area contributed by atoms with Gasteiger partial charge in [0, 0.05) is 19.4 Å². The Kier molecular flexibility index (Phi) is 3.53. The van der Waals surface area contributed by atoms with Gasteiger partial charge >= 0.3 is 0 Å². The van der Waals surface area contributed by atoms with Crippen molar-refractivity contribution in [2.45, 2.75) is 26.9 Å². The van der Waals surface area contributed by atoms with Crippen molar-refractivity contribution in [3.05, 3.63) is 29.9 Å². The van der Waals surface area contributed by atoms with E-state index in [1.807, 2.05) is 30.9 Å². The van der Waals surface area contributed by atoms with Gasteiger partial charge in [-0.3, -0.25) is 0 Å². The molecule has 0 radical (unpaired) electrons. The predicted molar refractivity (Wildman–Crippen MR) is 64.4 cm³/mol. The van der Waals surface area contributed by atoms with Crippen LogP contribution in [0.25, 0.3) is 0 Å². The van der Waals surface area contributed by atoms with Gasteiger partial charge < -0.3 is 14.5 Å². The van der Waals surface area contributed by atoms with Gasteiger partial charge in [-0.2, -0.15) is 0 Å². The van der Waals surface area contributed by atoms with Crippen LogP contribution < -0.4 is 5.32 Å². The number of aromatic nitrogens is 5. The largest absolute Gasteiger partial charge is 0.326 e. The second kappa shape index (κ2) is 5.09. The summed E-state index contributed by atoms with van der Waals surface area (Å²) in [5.41, 5.74) is 0. The van der Waals surface area contributed by atoms with Gasteiger partial charge in [0.2, 0.25) is 0 Å². The van der Waals surface area contributed by atoms with Crippen molar-refractivity contribution in [2.24, 2.45) is 7.05 Å². The third-order valence-electron chi connectivity index (χ3n) is 2.83. The Morgan fingerprint density at radius 1 is 1.29 bits per heavy atom. The minimum atomic E-state index is 0.706. The van der Waals surface area contributed by atoms with Crippen LogP contribution in [-0.2, 0) is 20.1 Å². The molecule has 92 valence electrons. The van der Waals surface area contributed by atoms with Crippen LogP contribution >= 0.6 is 0 Å². The number of hydrogen-bond donors (Lipinski definition) is 1. The van der Waals surface area contributed by atoms with Gasteiger partial charge in [-0.05, 0) is 13.5 Å². The first-order valence-corrected chi connectivity index (χ1v) is 5.78. The lowest BCUT2D eigenvalue weighted by molar-refractivity contribution is 0.614. The number of hydrogen-bond acceptors (Lipinski definition) is 4. The summed E-state index contributed by atoms with van der Waals surface area (Å²) in [6.45, 7) is 6.46. The lowest BCUT2D eigenvalue weighted by Gasteiger charge is -2.07. The fourth-order valence-electron chi connectivity index (χ4n) is 1.63. The SMILES string of the molecule is CCNCc1nccn1Cc1nnc(C)n1C. The van der Waals surface area contributed by atoms with Crippen LogP contribution in [-0.4, -0.2) is 30.9 Å². The standard InChI is InChI=1S/C11H18N6/c1-4-12-7-10-13-5-6-17(10)8-11-15-14-9(2)16(11)3/h5-6,12H,4,7-8H2,1-3H3. The molecular weight excluding hydrogens is 216 g/mol. The normalized spacial score (nSPS) is 11.0. The summed E-state index contributed by atoms with van der Waals surface area (Å²) in [6.07, 6.45) is 3.78. The molecule has 0 spiro atoms. The van der Waals surface area contributed by atoms with Crippen LogP contribution in [0.3, 0.4) is 0 Å². The predicted octanol–water partition coefficient (Wildman–Crippen LogP) is 0.478. The highest BCUT2D eigenvalue weighted by atomic mass is 15.3. The van der Waals surface area contributed by atoms with Crippen molar-refractivity contribution < 1.29 is 0 Å². The monoisotopic (exact) mass is 234 g/mol. The Labute approximate surface area is 101 Å². The lowest BCUT2D eigenvalue weighted by Crippen LogP contribution is -2.17. The summed E-state index contributed by atoms with van der Waals surface area (Å²) in [7, 11) is 1.98. The molecule has 0 unspecified atom stereocenters. The molecule has 6 heteroatoms. The first-order valence-electron chi connectivity index (χ1n) is 5.78. The van der Waals surface area contributed by atoms with E-state index in [9.17, 15) is 0 Å². The van der Waals surface area contributed by atoms with Crippen molar-refractivity contribution in [3.8, 4) is 0 Å². The molecule has 0 aromatic carbocycles. The molecule has 2 heterocycles. The molecule has 0 atom stereocenters. The summed E-state index contributed by atoms with van der Waals surface area (Å²) in [6, 6.07) is 0. The molecule has 1 N–H and O–H groups in total. The maximum Gasteiger partial charge on any atom is 0.152 e. The summed E-state index contributed by atoms with van der Waals surface area (Å²) >= 11 is 0. The minimum absolute atomic E-state index is 0.706. The van der Waals surface area contributed by atoms with Gasteiger partial charge in [-0.15, -0.1) is 10.2 Å². The molecule has 17 heavy (non-hydrogen) atoms. The number of aryl methyl sites for hydroxylation is 1. The molecule has 0 saturated carbocycles. The molecular formula is C11H18N6. The van der Waals surface area contributed by atoms with Gasteiger partial charge in [0.05, 0.1) is 13.1 Å². The van der Waals surface area contributed by atoms with Gasteiger partial charge in [0.1, 0.15) is 11.6 Å². The fraction of sp³-hybridized carbons (Fsp3) is 0.545. The van der Waals surface area contributed by atoms with E-state index in [0.717, 1.165) is 30.6 Å². The summed E-state index contributed by atoms with van der Waals surface area (Å²) in [5, 5.41) is 11.5. The van der Waals surface area contributed by atoms with Crippen molar-refractivity contribution in [1.29, 1.82) is 0 Å².